The van der Waals surface area contributed by atoms with Crippen molar-refractivity contribution < 1.29 is 71.1 Å². The van der Waals surface area contributed by atoms with Gasteiger partial charge < -0.3 is 71.6 Å². The average Bonchev–Trinajstić information content (AvgIpc) is 3.36. The molecule has 0 heterocycles. The molecule has 0 aliphatic carbocycles. The first-order valence-electron chi connectivity index (χ1n) is 26.3. The van der Waals surface area contributed by atoms with Crippen molar-refractivity contribution in [3.05, 3.63) is 35.9 Å². The van der Waals surface area contributed by atoms with Gasteiger partial charge in [0.15, 0.2) is 0 Å². The van der Waals surface area contributed by atoms with Crippen molar-refractivity contribution in [1.82, 2.24) is 5.32 Å². The van der Waals surface area contributed by atoms with Crippen molar-refractivity contribution in [2.24, 2.45) is 0 Å². The van der Waals surface area contributed by atoms with Gasteiger partial charge in [-0.25, -0.2) is 4.79 Å². The minimum Gasteiger partial charge on any atom is -0.445 e. The number of alkyl carbamates (subject to hydrolysis) is 1. The zero-order valence-electron chi connectivity index (χ0n) is 42.6. The lowest BCUT2D eigenvalue weighted by Gasteiger charge is -2.09. The number of nitrogens with one attached hydrogen (secondary N) is 1. The Morgan fingerprint density at radius 2 is 0.574 bits per heavy atom. The Bertz CT molecular complexity index is 1100. The zero-order valence-corrected chi connectivity index (χ0v) is 42.6. The van der Waals surface area contributed by atoms with Crippen molar-refractivity contribution >= 4 is 6.09 Å². The van der Waals surface area contributed by atoms with E-state index in [0.29, 0.717) is 172 Å². The summed E-state index contributed by atoms with van der Waals surface area (Å²) in [5, 5.41) is 2.65. The fourth-order valence-corrected chi connectivity index (χ4v) is 6.49. The van der Waals surface area contributed by atoms with Crippen LogP contribution in [0.25, 0.3) is 0 Å². The van der Waals surface area contributed by atoms with Gasteiger partial charge in [-0.15, -0.1) is 0 Å². The van der Waals surface area contributed by atoms with Crippen molar-refractivity contribution in [2.45, 2.75) is 116 Å². The molecule has 1 aromatic rings. The standard InChI is InChI=1S/C52H97NO15/c1-2-3-4-5-6-7-8-9-10-11-12-13-14-15-16-20-24-55-26-28-57-30-32-59-34-36-61-38-40-63-42-44-65-46-48-67-49-47-66-45-43-64-41-39-62-37-35-60-33-31-58-29-27-56-25-23-53-52(54)68-50-51-21-18-17-19-22-51/h17-19,21-22H,2-16,20,23-50H2,1H3,(H,53,54). The van der Waals surface area contributed by atoms with Crippen LogP contribution in [0.5, 0.6) is 0 Å². The number of hydrogen-bond acceptors (Lipinski definition) is 15. The topological polar surface area (TPSA) is 158 Å². The van der Waals surface area contributed by atoms with E-state index >= 15 is 0 Å². The van der Waals surface area contributed by atoms with E-state index in [9.17, 15) is 4.79 Å². The van der Waals surface area contributed by atoms with Crippen LogP contribution in [-0.4, -0.2) is 184 Å². The number of hydrogen-bond donors (Lipinski definition) is 1. The maximum absolute atomic E-state index is 11.7. The third-order valence-electron chi connectivity index (χ3n) is 10.3. The summed E-state index contributed by atoms with van der Waals surface area (Å²) < 4.78 is 77.1. The highest BCUT2D eigenvalue weighted by molar-refractivity contribution is 5.67. The molecule has 0 aliphatic rings. The predicted molar refractivity (Wildman–Crippen MR) is 265 cm³/mol. The van der Waals surface area contributed by atoms with Crippen LogP contribution >= 0.6 is 0 Å². The Kier molecular flexibility index (Phi) is 54.2. The molecule has 0 saturated heterocycles. The lowest BCUT2D eigenvalue weighted by Crippen LogP contribution is -2.28. The van der Waals surface area contributed by atoms with E-state index in [1.807, 2.05) is 30.3 Å². The number of ether oxygens (including phenoxy) is 14. The SMILES string of the molecule is CCCCCCCCCCCCCCCCCCOCCOCCOCCOCCOCCOCCOCCOCCOCCOCCOCCOCCOCCNC(=O)OCc1ccccc1. The van der Waals surface area contributed by atoms with Gasteiger partial charge >= 0.3 is 6.09 Å². The van der Waals surface area contributed by atoms with Crippen LogP contribution in [0, 0.1) is 0 Å². The smallest absolute Gasteiger partial charge is 0.407 e. The molecule has 0 aromatic heterocycles. The van der Waals surface area contributed by atoms with Crippen LogP contribution < -0.4 is 5.32 Å². The summed E-state index contributed by atoms with van der Waals surface area (Å²) in [7, 11) is 0. The quantitative estimate of drug-likeness (QED) is 0.0620. The Labute approximate surface area is 412 Å². The summed E-state index contributed by atoms with van der Waals surface area (Å²) in [4.78, 5) is 11.7. The summed E-state index contributed by atoms with van der Waals surface area (Å²) in [5.41, 5.74) is 0.938. The van der Waals surface area contributed by atoms with E-state index in [0.717, 1.165) is 18.6 Å². The number of rotatable bonds is 58. The molecule has 1 amide bonds. The largest absolute Gasteiger partial charge is 0.445 e. The number of unbranched alkanes of at least 4 members (excludes halogenated alkanes) is 15. The first-order chi connectivity index (χ1) is 33.8. The van der Waals surface area contributed by atoms with Gasteiger partial charge in [0, 0.05) is 13.2 Å². The summed E-state index contributed by atoms with van der Waals surface area (Å²) in [6, 6.07) is 9.52. The lowest BCUT2D eigenvalue weighted by atomic mass is 10.0. The van der Waals surface area contributed by atoms with E-state index < -0.39 is 6.09 Å². The van der Waals surface area contributed by atoms with Gasteiger partial charge in [-0.3, -0.25) is 0 Å². The molecule has 0 fully saturated rings. The molecule has 16 nitrogen and oxygen atoms in total. The number of benzene rings is 1. The average molecular weight is 976 g/mol. The monoisotopic (exact) mass is 976 g/mol. The Hall–Kier alpha value is -2.03. The maximum atomic E-state index is 11.7. The van der Waals surface area contributed by atoms with Gasteiger partial charge in [-0.2, -0.15) is 0 Å². The van der Waals surface area contributed by atoms with Crippen LogP contribution in [0.2, 0.25) is 0 Å². The second-order valence-electron chi connectivity index (χ2n) is 16.3. The molecular weight excluding hydrogens is 879 g/mol. The first-order valence-corrected chi connectivity index (χ1v) is 26.3. The first kappa shape index (κ1) is 64.0. The molecule has 0 atom stereocenters. The Morgan fingerprint density at radius 3 is 0.868 bits per heavy atom. The van der Waals surface area contributed by atoms with Crippen LogP contribution in [0.15, 0.2) is 30.3 Å². The highest BCUT2D eigenvalue weighted by Crippen LogP contribution is 2.14. The molecular formula is C52H97NO15. The van der Waals surface area contributed by atoms with Gasteiger partial charge in [0.1, 0.15) is 6.61 Å². The van der Waals surface area contributed by atoms with E-state index in [2.05, 4.69) is 12.2 Å². The van der Waals surface area contributed by atoms with Crippen LogP contribution in [0.3, 0.4) is 0 Å². The summed E-state index contributed by atoms with van der Waals surface area (Å²) in [6.07, 6.45) is 21.7. The Balaban J connectivity index is 1.60. The van der Waals surface area contributed by atoms with Gasteiger partial charge in [-0.05, 0) is 12.0 Å². The summed E-state index contributed by atoms with van der Waals surface area (Å²) in [5.74, 6) is 0. The van der Waals surface area contributed by atoms with Gasteiger partial charge in [0.25, 0.3) is 0 Å². The van der Waals surface area contributed by atoms with Gasteiger partial charge in [-0.1, -0.05) is 134 Å². The number of carbonyl (C=O) groups is 1. The van der Waals surface area contributed by atoms with Crippen LogP contribution in [0.4, 0.5) is 4.79 Å². The second kappa shape index (κ2) is 57.5. The summed E-state index contributed by atoms with van der Waals surface area (Å²) in [6.45, 7) is 16.3. The van der Waals surface area contributed by atoms with Gasteiger partial charge in [0.2, 0.25) is 0 Å². The fraction of sp³-hybridized carbons (Fsp3) is 0.865. The molecule has 400 valence electrons. The lowest BCUT2D eigenvalue weighted by molar-refractivity contribution is -0.0290. The highest BCUT2D eigenvalue weighted by Gasteiger charge is 2.03. The molecule has 0 spiro atoms. The number of carbonyl (C=O) groups excluding carboxylic acids is 1. The van der Waals surface area contributed by atoms with E-state index in [-0.39, 0.29) is 6.61 Å². The molecule has 0 aliphatic heterocycles. The molecule has 1 aromatic carbocycles. The van der Waals surface area contributed by atoms with Crippen molar-refractivity contribution in [1.29, 1.82) is 0 Å². The van der Waals surface area contributed by atoms with Crippen LogP contribution in [0.1, 0.15) is 115 Å². The van der Waals surface area contributed by atoms with E-state index in [1.54, 1.807) is 0 Å². The minimum absolute atomic E-state index is 0.236. The molecule has 0 radical (unpaired) electrons. The minimum atomic E-state index is -0.469. The normalized spacial score (nSPS) is 11.5. The molecule has 1 rings (SSSR count). The summed E-state index contributed by atoms with van der Waals surface area (Å²) >= 11 is 0. The van der Waals surface area contributed by atoms with Gasteiger partial charge in [0.05, 0.1) is 165 Å². The van der Waals surface area contributed by atoms with E-state index in [4.69, 9.17) is 66.3 Å². The maximum Gasteiger partial charge on any atom is 0.407 e. The fourth-order valence-electron chi connectivity index (χ4n) is 6.49. The molecule has 16 heteroatoms. The predicted octanol–water partition coefficient (Wildman–Crippen LogP) is 8.39. The zero-order chi connectivity index (χ0) is 48.4. The third kappa shape index (κ3) is 53.3. The molecule has 0 bridgehead atoms. The third-order valence-corrected chi connectivity index (χ3v) is 10.3. The van der Waals surface area contributed by atoms with Crippen molar-refractivity contribution in [2.75, 3.05) is 178 Å². The molecule has 68 heavy (non-hydrogen) atoms. The number of amides is 1. The van der Waals surface area contributed by atoms with E-state index in [1.165, 1.54) is 96.3 Å². The molecule has 0 saturated carbocycles. The highest BCUT2D eigenvalue weighted by atomic mass is 16.6. The molecule has 1 N–H and O–H groups in total. The molecule has 0 unspecified atom stereocenters. The van der Waals surface area contributed by atoms with Crippen molar-refractivity contribution in [3.63, 3.8) is 0 Å². The Morgan fingerprint density at radius 1 is 0.324 bits per heavy atom. The second-order valence-corrected chi connectivity index (χ2v) is 16.3. The van der Waals surface area contributed by atoms with Crippen molar-refractivity contribution in [3.8, 4) is 0 Å². The van der Waals surface area contributed by atoms with Crippen LogP contribution in [-0.2, 0) is 72.9 Å².